The zero-order chi connectivity index (χ0) is 13.8. The number of hydrogen-bond donors (Lipinski definition) is 2. The lowest BCUT2D eigenvalue weighted by Crippen LogP contribution is -2.41. The van der Waals surface area contributed by atoms with E-state index in [9.17, 15) is 22.4 Å². The van der Waals surface area contributed by atoms with Gasteiger partial charge in [-0.15, -0.1) is 0 Å². The maximum atomic E-state index is 12.6. The molecule has 0 saturated carbocycles. The lowest BCUT2D eigenvalue weighted by Gasteiger charge is -2.15. The zero-order valence-corrected chi connectivity index (χ0v) is 9.38. The molecule has 1 amide bonds. The average molecular weight is 265 g/mol. The quantitative estimate of drug-likeness (QED) is 0.797. The third-order valence-corrected chi connectivity index (χ3v) is 2.09. The minimum Gasteiger partial charge on any atom is -0.388 e. The van der Waals surface area contributed by atoms with Gasteiger partial charge in [-0.25, -0.2) is 8.78 Å². The number of nitrogens with one attached hydrogen (secondary N) is 2. The van der Waals surface area contributed by atoms with Crippen LogP contribution in [0.3, 0.4) is 0 Å². The smallest absolute Gasteiger partial charge is 0.324 e. The van der Waals surface area contributed by atoms with Crippen molar-refractivity contribution in [1.82, 2.24) is 10.3 Å². The van der Waals surface area contributed by atoms with E-state index in [1.807, 2.05) is 0 Å². The van der Waals surface area contributed by atoms with Gasteiger partial charge in [0.25, 0.3) is 5.91 Å². The van der Waals surface area contributed by atoms with E-state index in [0.717, 1.165) is 0 Å². The zero-order valence-electron chi connectivity index (χ0n) is 9.38. The van der Waals surface area contributed by atoms with Gasteiger partial charge in [-0.2, -0.15) is 8.78 Å². The second kappa shape index (κ2) is 5.65. The number of anilines is 1. The third kappa shape index (κ3) is 3.57. The molecule has 1 heterocycles. The minimum atomic E-state index is -4.25. The van der Waals surface area contributed by atoms with E-state index in [1.165, 1.54) is 12.3 Å². The molecule has 0 aliphatic rings. The van der Waals surface area contributed by atoms with Crippen LogP contribution < -0.4 is 10.6 Å². The number of aromatic nitrogens is 1. The summed E-state index contributed by atoms with van der Waals surface area (Å²) in [7, 11) is 1.60. The number of hydrogen-bond acceptors (Lipinski definition) is 3. The summed E-state index contributed by atoms with van der Waals surface area (Å²) in [6, 6.07) is 2.88. The Balaban J connectivity index is 2.66. The van der Waals surface area contributed by atoms with Crippen LogP contribution >= 0.6 is 0 Å². The van der Waals surface area contributed by atoms with Crippen LogP contribution in [0.1, 0.15) is 10.5 Å². The molecule has 0 aliphatic heterocycles. The first-order valence-electron chi connectivity index (χ1n) is 4.95. The number of rotatable bonds is 5. The second-order valence-electron chi connectivity index (χ2n) is 3.42. The molecule has 0 bridgehead atoms. The van der Waals surface area contributed by atoms with Gasteiger partial charge in [-0.05, 0) is 12.1 Å². The summed E-state index contributed by atoms with van der Waals surface area (Å²) in [6.07, 6.45) is -2.53. The fourth-order valence-electron chi connectivity index (χ4n) is 1.08. The molecule has 0 radical (unpaired) electrons. The van der Waals surface area contributed by atoms with Crippen LogP contribution in [0.4, 0.5) is 23.2 Å². The highest BCUT2D eigenvalue weighted by Crippen LogP contribution is 2.21. The van der Waals surface area contributed by atoms with Gasteiger partial charge in [0.15, 0.2) is 0 Å². The van der Waals surface area contributed by atoms with Crippen LogP contribution in [-0.2, 0) is 0 Å². The van der Waals surface area contributed by atoms with Crippen molar-refractivity contribution in [3.05, 3.63) is 24.0 Å². The van der Waals surface area contributed by atoms with E-state index in [2.05, 4.69) is 10.3 Å². The van der Waals surface area contributed by atoms with Crippen molar-refractivity contribution >= 4 is 11.6 Å². The van der Waals surface area contributed by atoms with Crippen LogP contribution in [0.25, 0.3) is 0 Å². The molecule has 1 rings (SSSR count). The highest BCUT2D eigenvalue weighted by Gasteiger charge is 2.40. The van der Waals surface area contributed by atoms with Gasteiger partial charge in [-0.3, -0.25) is 9.78 Å². The molecule has 0 aromatic carbocycles. The van der Waals surface area contributed by atoms with E-state index in [-0.39, 0.29) is 5.69 Å². The Morgan fingerprint density at radius 3 is 2.72 bits per heavy atom. The molecule has 1 aromatic rings. The Hall–Kier alpha value is -1.86. The predicted molar refractivity (Wildman–Crippen MR) is 57.1 cm³/mol. The highest BCUT2D eigenvalue weighted by atomic mass is 19.3. The van der Waals surface area contributed by atoms with Crippen molar-refractivity contribution in [3.63, 3.8) is 0 Å². The van der Waals surface area contributed by atoms with Crippen LogP contribution in [0.5, 0.6) is 0 Å². The van der Waals surface area contributed by atoms with Crippen molar-refractivity contribution in [2.24, 2.45) is 0 Å². The van der Waals surface area contributed by atoms with Gasteiger partial charge in [0.2, 0.25) is 0 Å². The number of amides is 1. The normalized spacial score (nSPS) is 11.4. The van der Waals surface area contributed by atoms with Crippen molar-refractivity contribution < 1.29 is 22.4 Å². The molecule has 0 atom stereocenters. The summed E-state index contributed by atoms with van der Waals surface area (Å²) in [4.78, 5) is 15.1. The van der Waals surface area contributed by atoms with Crippen LogP contribution in [0.15, 0.2) is 18.3 Å². The van der Waals surface area contributed by atoms with E-state index in [4.69, 9.17) is 0 Å². The lowest BCUT2D eigenvalue weighted by molar-refractivity contribution is -0.123. The highest BCUT2D eigenvalue weighted by molar-refractivity contribution is 5.93. The molecule has 0 fully saturated rings. The maximum absolute atomic E-state index is 12.6. The molecule has 4 nitrogen and oxygen atoms in total. The van der Waals surface area contributed by atoms with Gasteiger partial charge in [0.05, 0.1) is 6.54 Å². The van der Waals surface area contributed by atoms with Gasteiger partial charge < -0.3 is 10.6 Å². The van der Waals surface area contributed by atoms with Crippen molar-refractivity contribution in [2.75, 3.05) is 18.9 Å². The summed E-state index contributed by atoms with van der Waals surface area (Å²) in [5, 5.41) is 4.44. The van der Waals surface area contributed by atoms with Crippen molar-refractivity contribution in [3.8, 4) is 0 Å². The topological polar surface area (TPSA) is 54.0 Å². The molecule has 100 valence electrons. The molecule has 0 spiro atoms. The first kappa shape index (κ1) is 14.2. The Morgan fingerprint density at radius 2 is 2.17 bits per heavy atom. The first-order valence-corrected chi connectivity index (χ1v) is 4.95. The third-order valence-electron chi connectivity index (χ3n) is 2.09. The van der Waals surface area contributed by atoms with E-state index < -0.39 is 24.8 Å². The number of halogens is 4. The summed E-state index contributed by atoms with van der Waals surface area (Å²) in [5.74, 6) is -5.19. The average Bonchev–Trinajstić information content (AvgIpc) is 2.36. The largest absolute Gasteiger partial charge is 0.388 e. The molecule has 1 aromatic heterocycles. The molecular formula is C10H11F4N3O. The number of pyridine rings is 1. The first-order chi connectivity index (χ1) is 8.36. The molecule has 8 heteroatoms. The lowest BCUT2D eigenvalue weighted by atomic mass is 10.3. The summed E-state index contributed by atoms with van der Waals surface area (Å²) >= 11 is 0. The second-order valence-corrected chi connectivity index (χ2v) is 3.42. The number of alkyl halides is 4. The Morgan fingerprint density at radius 1 is 1.50 bits per heavy atom. The van der Waals surface area contributed by atoms with Crippen LogP contribution in [0, 0.1) is 0 Å². The van der Waals surface area contributed by atoms with Crippen LogP contribution in [-0.4, -0.2) is 36.8 Å². The van der Waals surface area contributed by atoms with E-state index in [1.54, 1.807) is 18.4 Å². The Bertz CT molecular complexity index is 425. The van der Waals surface area contributed by atoms with Gasteiger partial charge in [0.1, 0.15) is 5.69 Å². The maximum Gasteiger partial charge on any atom is 0.324 e. The van der Waals surface area contributed by atoms with Gasteiger partial charge in [0, 0.05) is 18.9 Å². The Kier molecular flexibility index (Phi) is 4.46. The monoisotopic (exact) mass is 265 g/mol. The molecular weight excluding hydrogens is 254 g/mol. The summed E-state index contributed by atoms with van der Waals surface area (Å²) in [6.45, 7) is -1.44. The van der Waals surface area contributed by atoms with Gasteiger partial charge >= 0.3 is 12.3 Å². The Labute approximate surface area is 100 Å². The molecule has 0 aliphatic carbocycles. The fraction of sp³-hybridized carbons (Fsp3) is 0.400. The standard InChI is InChI=1S/C10H11F4N3O/c1-15-6-2-3-16-7(4-6)8(18)17-5-10(13,14)9(11)12/h2-4,9H,5H2,1H3,(H,15,16)(H,17,18). The minimum absolute atomic E-state index is 0.132. The molecule has 0 saturated heterocycles. The predicted octanol–water partition coefficient (Wildman–Crippen LogP) is 1.75. The fourth-order valence-corrected chi connectivity index (χ4v) is 1.08. The molecule has 18 heavy (non-hydrogen) atoms. The van der Waals surface area contributed by atoms with Crippen molar-refractivity contribution in [1.29, 1.82) is 0 Å². The van der Waals surface area contributed by atoms with E-state index >= 15 is 0 Å². The number of carbonyl (C=O) groups is 1. The summed E-state index contributed by atoms with van der Waals surface area (Å²) in [5.41, 5.74) is 0.419. The molecule has 2 N–H and O–H groups in total. The number of nitrogens with zero attached hydrogens (tertiary/aromatic N) is 1. The van der Waals surface area contributed by atoms with Crippen molar-refractivity contribution in [2.45, 2.75) is 12.3 Å². The SMILES string of the molecule is CNc1ccnc(C(=O)NCC(F)(F)C(F)F)c1. The molecule has 0 unspecified atom stereocenters. The number of carbonyl (C=O) groups excluding carboxylic acids is 1. The van der Waals surface area contributed by atoms with Crippen LogP contribution in [0.2, 0.25) is 0 Å². The van der Waals surface area contributed by atoms with Gasteiger partial charge in [-0.1, -0.05) is 0 Å². The van der Waals surface area contributed by atoms with E-state index in [0.29, 0.717) is 5.69 Å². The summed E-state index contributed by atoms with van der Waals surface area (Å²) < 4.78 is 48.9.